The van der Waals surface area contributed by atoms with Gasteiger partial charge in [-0.3, -0.25) is 9.78 Å². The van der Waals surface area contributed by atoms with E-state index in [1.165, 1.54) is 19.3 Å². The molecule has 0 unspecified atom stereocenters. The van der Waals surface area contributed by atoms with Gasteiger partial charge in [0.05, 0.1) is 22.3 Å². The molecule has 0 aliphatic heterocycles. The van der Waals surface area contributed by atoms with E-state index in [2.05, 4.69) is 15.6 Å². The second-order valence-corrected chi connectivity index (χ2v) is 5.34. The van der Waals surface area contributed by atoms with Crippen LogP contribution in [-0.2, 0) is 6.18 Å². The first-order valence-corrected chi connectivity index (χ1v) is 7.44. The van der Waals surface area contributed by atoms with Gasteiger partial charge in [0, 0.05) is 24.3 Å². The molecule has 3 aromatic rings. The number of carbonyl (C=O) groups excluding carboxylic acids is 1. The zero-order valence-electron chi connectivity index (χ0n) is 13.2. The molecule has 0 atom stereocenters. The summed E-state index contributed by atoms with van der Waals surface area (Å²) in [7, 11) is 1.53. The molecule has 0 aliphatic rings. The zero-order chi connectivity index (χ0) is 18.0. The second kappa shape index (κ2) is 6.43. The Morgan fingerprint density at radius 2 is 1.80 bits per heavy atom. The summed E-state index contributed by atoms with van der Waals surface area (Å²) in [5.74, 6) is -0.263. The number of aromatic nitrogens is 1. The van der Waals surface area contributed by atoms with Crippen LogP contribution < -0.4 is 10.6 Å². The van der Waals surface area contributed by atoms with Crippen LogP contribution in [0.1, 0.15) is 15.9 Å². The Morgan fingerprint density at radius 1 is 1.04 bits per heavy atom. The topological polar surface area (TPSA) is 54.0 Å². The Labute approximate surface area is 141 Å². The molecular formula is C18H14F3N3O. The second-order valence-electron chi connectivity index (χ2n) is 5.34. The van der Waals surface area contributed by atoms with Crippen molar-refractivity contribution >= 4 is 28.2 Å². The van der Waals surface area contributed by atoms with Crippen LogP contribution >= 0.6 is 0 Å². The predicted molar refractivity (Wildman–Crippen MR) is 89.9 cm³/mol. The van der Waals surface area contributed by atoms with E-state index in [4.69, 9.17) is 0 Å². The van der Waals surface area contributed by atoms with E-state index in [0.29, 0.717) is 22.3 Å². The number of nitrogens with one attached hydrogen (secondary N) is 2. The highest BCUT2D eigenvalue weighted by Gasteiger charge is 2.30. The summed E-state index contributed by atoms with van der Waals surface area (Å²) < 4.78 is 38.6. The smallest absolute Gasteiger partial charge is 0.355 e. The van der Waals surface area contributed by atoms with Gasteiger partial charge in [-0.1, -0.05) is 18.2 Å². The summed E-state index contributed by atoms with van der Waals surface area (Å²) in [6.45, 7) is 0. The molecular weight excluding hydrogens is 331 g/mol. The quantitative estimate of drug-likeness (QED) is 0.742. The van der Waals surface area contributed by atoms with E-state index in [1.54, 1.807) is 30.3 Å². The fraction of sp³-hybridized carbons (Fsp3) is 0.111. The van der Waals surface area contributed by atoms with Gasteiger partial charge < -0.3 is 10.6 Å². The van der Waals surface area contributed by atoms with Gasteiger partial charge in [-0.05, 0) is 30.3 Å². The summed E-state index contributed by atoms with van der Waals surface area (Å²) in [5, 5.41) is 6.19. The number of fused-ring (bicyclic) bond motifs is 1. The molecule has 0 radical (unpaired) electrons. The molecule has 2 aromatic carbocycles. The zero-order valence-corrected chi connectivity index (χ0v) is 13.2. The van der Waals surface area contributed by atoms with Gasteiger partial charge >= 0.3 is 6.18 Å². The van der Waals surface area contributed by atoms with E-state index >= 15 is 0 Å². The maximum Gasteiger partial charge on any atom is 0.416 e. The first-order chi connectivity index (χ1) is 11.9. The number of hydrogen-bond donors (Lipinski definition) is 2. The van der Waals surface area contributed by atoms with Crippen molar-refractivity contribution in [3.05, 3.63) is 65.9 Å². The van der Waals surface area contributed by atoms with E-state index in [-0.39, 0.29) is 11.4 Å². The molecule has 0 aliphatic carbocycles. The fourth-order valence-corrected chi connectivity index (χ4v) is 2.50. The number of halogens is 3. The van der Waals surface area contributed by atoms with Gasteiger partial charge in [-0.2, -0.15) is 13.2 Å². The van der Waals surface area contributed by atoms with Crippen LogP contribution in [0.2, 0.25) is 0 Å². The van der Waals surface area contributed by atoms with Crippen LogP contribution in [0, 0.1) is 0 Å². The molecule has 128 valence electrons. The largest absolute Gasteiger partial charge is 0.416 e. The maximum atomic E-state index is 12.9. The highest BCUT2D eigenvalue weighted by atomic mass is 19.4. The van der Waals surface area contributed by atoms with Crippen LogP contribution in [0.25, 0.3) is 10.9 Å². The van der Waals surface area contributed by atoms with E-state index in [9.17, 15) is 18.0 Å². The summed E-state index contributed by atoms with van der Waals surface area (Å²) in [4.78, 5) is 16.0. The average Bonchev–Trinajstić information content (AvgIpc) is 2.60. The Morgan fingerprint density at radius 3 is 2.52 bits per heavy atom. The SMILES string of the molecule is CNC(=O)c1ccccc1Nc1ccnc2cc(C(F)(F)F)ccc12. The molecule has 1 amide bonds. The molecule has 7 heteroatoms. The predicted octanol–water partition coefficient (Wildman–Crippen LogP) is 4.36. The number of hydrogen-bond acceptors (Lipinski definition) is 3. The van der Waals surface area contributed by atoms with Gasteiger partial charge in [0.25, 0.3) is 5.91 Å². The molecule has 3 rings (SSSR count). The molecule has 1 heterocycles. The molecule has 2 N–H and O–H groups in total. The molecule has 25 heavy (non-hydrogen) atoms. The Balaban J connectivity index is 2.05. The lowest BCUT2D eigenvalue weighted by Gasteiger charge is -2.14. The van der Waals surface area contributed by atoms with Crippen molar-refractivity contribution in [2.75, 3.05) is 12.4 Å². The van der Waals surface area contributed by atoms with Gasteiger partial charge in [0.15, 0.2) is 0 Å². The molecule has 0 saturated carbocycles. The maximum absolute atomic E-state index is 12.9. The van der Waals surface area contributed by atoms with Crippen LogP contribution in [-0.4, -0.2) is 17.9 Å². The minimum Gasteiger partial charge on any atom is -0.355 e. The lowest BCUT2D eigenvalue weighted by Crippen LogP contribution is -2.19. The molecule has 0 bridgehead atoms. The number of nitrogens with zero attached hydrogens (tertiary/aromatic N) is 1. The van der Waals surface area contributed by atoms with Crippen molar-refractivity contribution in [1.29, 1.82) is 0 Å². The third-order valence-electron chi connectivity index (χ3n) is 3.74. The first-order valence-electron chi connectivity index (χ1n) is 7.44. The number of carbonyl (C=O) groups is 1. The monoisotopic (exact) mass is 345 g/mol. The van der Waals surface area contributed by atoms with E-state index in [0.717, 1.165) is 12.1 Å². The standard InChI is InChI=1S/C18H14F3N3O/c1-22-17(25)13-4-2-3-5-14(13)24-15-8-9-23-16-10-11(18(19,20)21)6-7-12(15)16/h2-10H,1H3,(H,22,25)(H,23,24). The molecule has 1 aromatic heterocycles. The van der Waals surface area contributed by atoms with Crippen molar-refractivity contribution in [1.82, 2.24) is 10.3 Å². The van der Waals surface area contributed by atoms with Gasteiger partial charge in [-0.25, -0.2) is 0 Å². The van der Waals surface area contributed by atoms with Crippen molar-refractivity contribution in [2.45, 2.75) is 6.18 Å². The molecule has 0 spiro atoms. The normalized spacial score (nSPS) is 11.4. The van der Waals surface area contributed by atoms with Crippen molar-refractivity contribution in [2.24, 2.45) is 0 Å². The van der Waals surface area contributed by atoms with Crippen LogP contribution in [0.5, 0.6) is 0 Å². The van der Waals surface area contributed by atoms with Crippen LogP contribution in [0.4, 0.5) is 24.5 Å². The number of para-hydroxylation sites is 1. The Kier molecular flexibility index (Phi) is 4.31. The number of pyridine rings is 1. The highest BCUT2D eigenvalue weighted by Crippen LogP contribution is 2.33. The van der Waals surface area contributed by atoms with Crippen molar-refractivity contribution < 1.29 is 18.0 Å². The lowest BCUT2D eigenvalue weighted by molar-refractivity contribution is -0.137. The van der Waals surface area contributed by atoms with Gasteiger partial charge in [0.2, 0.25) is 0 Å². The molecule has 4 nitrogen and oxygen atoms in total. The molecule has 0 fully saturated rings. The average molecular weight is 345 g/mol. The van der Waals surface area contributed by atoms with Crippen molar-refractivity contribution in [3.8, 4) is 0 Å². The first kappa shape index (κ1) is 16.8. The molecule has 0 saturated heterocycles. The number of alkyl halides is 3. The Bertz CT molecular complexity index is 938. The number of benzene rings is 2. The number of rotatable bonds is 3. The fourth-order valence-electron chi connectivity index (χ4n) is 2.50. The van der Waals surface area contributed by atoms with Crippen LogP contribution in [0.3, 0.4) is 0 Å². The summed E-state index contributed by atoms with van der Waals surface area (Å²) in [6.07, 6.45) is -3.00. The minimum absolute atomic E-state index is 0.220. The highest BCUT2D eigenvalue weighted by molar-refractivity contribution is 6.02. The summed E-state index contributed by atoms with van der Waals surface area (Å²) >= 11 is 0. The van der Waals surface area contributed by atoms with E-state index in [1.807, 2.05) is 0 Å². The third-order valence-corrected chi connectivity index (χ3v) is 3.74. The number of amides is 1. The van der Waals surface area contributed by atoms with E-state index < -0.39 is 11.7 Å². The van der Waals surface area contributed by atoms with Crippen LogP contribution in [0.15, 0.2) is 54.7 Å². The van der Waals surface area contributed by atoms with Gasteiger partial charge in [-0.15, -0.1) is 0 Å². The third kappa shape index (κ3) is 3.40. The summed E-state index contributed by atoms with van der Waals surface area (Å²) in [5.41, 5.74) is 1.01. The lowest BCUT2D eigenvalue weighted by atomic mass is 10.1. The minimum atomic E-state index is -4.43. The van der Waals surface area contributed by atoms with Gasteiger partial charge in [0.1, 0.15) is 0 Å². The summed E-state index contributed by atoms with van der Waals surface area (Å²) in [6, 6.07) is 11.9. The Hall–Kier alpha value is -3.09. The number of anilines is 2. The van der Waals surface area contributed by atoms with Crippen molar-refractivity contribution in [3.63, 3.8) is 0 Å².